The van der Waals surface area contributed by atoms with Crippen LogP contribution in [-0.2, 0) is 23.8 Å². The molecule has 0 aliphatic rings. The van der Waals surface area contributed by atoms with Crippen LogP contribution in [-0.4, -0.2) is 62.9 Å². The van der Waals surface area contributed by atoms with Crippen LogP contribution in [0, 0.1) is 17.8 Å². The first-order valence-corrected chi connectivity index (χ1v) is 24.2. The van der Waals surface area contributed by atoms with Crippen molar-refractivity contribution in [3.8, 4) is 0 Å². The number of rotatable bonds is 42. The quantitative estimate of drug-likeness (QED) is 0.0348. The number of hydrogen-bond acceptors (Lipinski definition) is 6. The maximum atomic E-state index is 12.3. The van der Waals surface area contributed by atoms with Crippen LogP contribution in [0.3, 0.4) is 0 Å². The molecule has 0 aromatic rings. The Hall–Kier alpha value is -2.06. The molecule has 3 unspecified atom stereocenters. The molecule has 57 heavy (non-hydrogen) atoms. The largest absolute Gasteiger partial charge is 0.466 e. The van der Waals surface area contributed by atoms with Gasteiger partial charge in [-0.05, 0) is 108 Å². The molecule has 0 amide bonds. The zero-order valence-electron chi connectivity index (χ0n) is 38.6. The first-order chi connectivity index (χ1) is 27.7. The molecule has 0 spiro atoms. The second kappa shape index (κ2) is 42.1. The lowest BCUT2D eigenvalue weighted by Gasteiger charge is -2.21. The van der Waals surface area contributed by atoms with Crippen LogP contribution in [0.15, 0.2) is 29.8 Å². The van der Waals surface area contributed by atoms with Crippen molar-refractivity contribution >= 4 is 11.9 Å². The van der Waals surface area contributed by atoms with Crippen molar-refractivity contribution in [3.63, 3.8) is 0 Å². The number of ether oxygens (including phenoxy) is 3. The zero-order valence-corrected chi connectivity index (χ0v) is 38.6. The molecule has 0 bridgehead atoms. The average Bonchev–Trinajstić information content (AvgIpc) is 3.19. The second-order valence-electron chi connectivity index (χ2n) is 17.4. The molecular formula is C51H93NO5. The third-order valence-corrected chi connectivity index (χ3v) is 11.6. The van der Waals surface area contributed by atoms with E-state index >= 15 is 0 Å². The molecule has 0 saturated heterocycles. The summed E-state index contributed by atoms with van der Waals surface area (Å²) in [7, 11) is 2.20. The summed E-state index contributed by atoms with van der Waals surface area (Å²) in [6.07, 6.45) is 35.1. The van der Waals surface area contributed by atoms with Crippen LogP contribution < -0.4 is 0 Å². The van der Waals surface area contributed by atoms with Crippen molar-refractivity contribution in [2.75, 3.05) is 40.0 Å². The molecule has 0 N–H and O–H groups in total. The highest BCUT2D eigenvalue weighted by molar-refractivity contribution is 5.69. The Morgan fingerprint density at radius 3 is 1.61 bits per heavy atom. The summed E-state index contributed by atoms with van der Waals surface area (Å²) in [6.45, 7) is 18.7. The number of carbonyl (C=O) groups excluding carboxylic acids is 2. The predicted molar refractivity (Wildman–Crippen MR) is 243 cm³/mol. The van der Waals surface area contributed by atoms with Crippen molar-refractivity contribution in [2.45, 2.75) is 227 Å². The summed E-state index contributed by atoms with van der Waals surface area (Å²) in [4.78, 5) is 26.8. The van der Waals surface area contributed by atoms with Gasteiger partial charge in [-0.2, -0.15) is 0 Å². The standard InChI is InChI=1S/C51H93NO5/c1-8-11-24-32-47(6)39-43-56-50(53)37-29-22-18-14-16-20-27-35-49(45-55-42-31-41-52(7)46(4)5)36-28-21-17-15-19-23-30-38-51(54)57-44-40-48(33-25-12-9-2)34-26-13-10-3/h33,46-49H,2,8,10-11,13-24,26-32,34-45H2,1,3-7H3. The van der Waals surface area contributed by atoms with E-state index in [0.717, 1.165) is 71.1 Å². The average molecular weight is 800 g/mol. The predicted octanol–water partition coefficient (Wildman–Crippen LogP) is 14.3. The van der Waals surface area contributed by atoms with Crippen LogP contribution in [0.25, 0.3) is 0 Å². The Morgan fingerprint density at radius 1 is 0.596 bits per heavy atom. The molecule has 0 saturated carbocycles. The number of hydrogen-bond donors (Lipinski definition) is 0. The first-order valence-electron chi connectivity index (χ1n) is 24.2. The molecule has 332 valence electrons. The molecular weight excluding hydrogens is 707 g/mol. The highest BCUT2D eigenvalue weighted by atomic mass is 16.5. The number of carbonyl (C=O) groups is 2. The number of nitrogens with zero attached hydrogens (tertiary/aromatic N) is 1. The fraction of sp³-hybridized carbons (Fsp3) is 0.863. The summed E-state index contributed by atoms with van der Waals surface area (Å²) in [5.41, 5.74) is 8.41. The Balaban J connectivity index is 4.19. The molecule has 0 rings (SSSR count). The lowest BCUT2D eigenvalue weighted by atomic mass is 9.94. The van der Waals surface area contributed by atoms with Gasteiger partial charge in [0.2, 0.25) is 0 Å². The lowest BCUT2D eigenvalue weighted by molar-refractivity contribution is -0.145. The fourth-order valence-corrected chi connectivity index (χ4v) is 7.32. The molecule has 6 heteroatoms. The number of unbranched alkanes of at least 4 members (excludes halogenated alkanes) is 16. The van der Waals surface area contributed by atoms with E-state index in [0.29, 0.717) is 49.9 Å². The second-order valence-corrected chi connectivity index (χ2v) is 17.4. The minimum Gasteiger partial charge on any atom is -0.466 e. The molecule has 0 aromatic carbocycles. The van der Waals surface area contributed by atoms with Crippen LogP contribution in [0.2, 0.25) is 0 Å². The van der Waals surface area contributed by atoms with Gasteiger partial charge in [-0.1, -0.05) is 154 Å². The van der Waals surface area contributed by atoms with Gasteiger partial charge in [0.25, 0.3) is 0 Å². The molecule has 0 fully saturated rings. The maximum Gasteiger partial charge on any atom is 0.305 e. The minimum absolute atomic E-state index is 0.0107. The monoisotopic (exact) mass is 800 g/mol. The summed E-state index contributed by atoms with van der Waals surface area (Å²) in [5.74, 6) is 1.59. The molecule has 0 heterocycles. The van der Waals surface area contributed by atoms with E-state index in [2.05, 4.69) is 70.3 Å². The van der Waals surface area contributed by atoms with Crippen LogP contribution in [0.1, 0.15) is 221 Å². The molecule has 0 aliphatic carbocycles. The van der Waals surface area contributed by atoms with E-state index in [-0.39, 0.29) is 11.9 Å². The topological polar surface area (TPSA) is 65.1 Å². The van der Waals surface area contributed by atoms with Gasteiger partial charge in [0.15, 0.2) is 0 Å². The van der Waals surface area contributed by atoms with Crippen molar-refractivity contribution in [2.24, 2.45) is 17.8 Å². The Kier molecular flexibility index (Phi) is 40.6. The van der Waals surface area contributed by atoms with Gasteiger partial charge < -0.3 is 19.1 Å². The van der Waals surface area contributed by atoms with Gasteiger partial charge in [-0.15, -0.1) is 0 Å². The summed E-state index contributed by atoms with van der Waals surface area (Å²) in [6, 6.07) is 0.578. The van der Waals surface area contributed by atoms with Gasteiger partial charge >= 0.3 is 11.9 Å². The zero-order chi connectivity index (χ0) is 42.0. The lowest BCUT2D eigenvalue weighted by Crippen LogP contribution is -2.28. The van der Waals surface area contributed by atoms with E-state index in [1.54, 1.807) is 0 Å². The highest BCUT2D eigenvalue weighted by Gasteiger charge is 2.12. The number of esters is 2. The number of allylic oxidation sites excluding steroid dienone is 1. The van der Waals surface area contributed by atoms with Crippen molar-refractivity contribution < 1.29 is 23.8 Å². The minimum atomic E-state index is -0.0596. The van der Waals surface area contributed by atoms with E-state index in [1.165, 1.54) is 122 Å². The van der Waals surface area contributed by atoms with E-state index < -0.39 is 0 Å². The van der Waals surface area contributed by atoms with Gasteiger partial charge in [0.1, 0.15) is 0 Å². The van der Waals surface area contributed by atoms with E-state index in [1.807, 2.05) is 6.08 Å². The van der Waals surface area contributed by atoms with E-state index in [4.69, 9.17) is 14.2 Å². The maximum absolute atomic E-state index is 12.3. The Labute approximate surface area is 354 Å². The summed E-state index contributed by atoms with van der Waals surface area (Å²) in [5, 5.41) is 0. The van der Waals surface area contributed by atoms with Crippen molar-refractivity contribution in [1.29, 1.82) is 0 Å². The van der Waals surface area contributed by atoms with Gasteiger partial charge in [0.05, 0.1) is 13.2 Å². The SMILES string of the molecule is C=C=C=C=CC(CCCCC)CCOC(=O)CCCCCCCCCC(CCCCCCCCCC(=O)OCCC(C)CCCCC)COCCCN(C)C(C)C. The molecule has 3 atom stereocenters. The van der Waals surface area contributed by atoms with E-state index in [9.17, 15) is 9.59 Å². The smallest absolute Gasteiger partial charge is 0.305 e. The molecule has 0 aliphatic heterocycles. The fourth-order valence-electron chi connectivity index (χ4n) is 7.32. The summed E-state index contributed by atoms with van der Waals surface area (Å²) < 4.78 is 17.3. The third-order valence-electron chi connectivity index (χ3n) is 11.6. The van der Waals surface area contributed by atoms with Gasteiger partial charge in [-0.25, -0.2) is 0 Å². The van der Waals surface area contributed by atoms with Crippen LogP contribution in [0.5, 0.6) is 0 Å². The Morgan fingerprint density at radius 2 is 1.09 bits per heavy atom. The normalized spacial score (nSPS) is 12.8. The van der Waals surface area contributed by atoms with Gasteiger partial charge in [0, 0.05) is 38.6 Å². The van der Waals surface area contributed by atoms with Crippen molar-refractivity contribution in [3.05, 3.63) is 29.8 Å². The van der Waals surface area contributed by atoms with Gasteiger partial charge in [-0.3, -0.25) is 9.59 Å². The van der Waals surface area contributed by atoms with Crippen LogP contribution >= 0.6 is 0 Å². The summed E-state index contributed by atoms with van der Waals surface area (Å²) >= 11 is 0. The molecule has 6 nitrogen and oxygen atoms in total. The Bertz CT molecular complexity index is 1040. The van der Waals surface area contributed by atoms with Crippen LogP contribution in [0.4, 0.5) is 0 Å². The highest BCUT2D eigenvalue weighted by Crippen LogP contribution is 2.21. The van der Waals surface area contributed by atoms with Crippen molar-refractivity contribution in [1.82, 2.24) is 4.90 Å². The molecule has 0 aromatic heterocycles. The first kappa shape index (κ1) is 54.9. The third kappa shape index (κ3) is 39.2. The molecule has 0 radical (unpaired) electrons.